The van der Waals surface area contributed by atoms with Crippen LogP contribution in [0.4, 0.5) is 16.1 Å². The zero-order valence-corrected chi connectivity index (χ0v) is 23.9. The quantitative estimate of drug-likeness (QED) is 0.0880. The normalized spacial score (nSPS) is 14.5. The monoisotopic (exact) mass is 604 g/mol. The SMILES string of the molecule is [C-]#[N+]/C(C#N)=C1\C(=C/c2ccc(N(c3ccccc3)c3ccc4ccccc4n3)[se]2)C(=O)c2cc3ccccc3cc21. The molecule has 196 valence electrons. The maximum absolute atomic E-state index is 13.8. The summed E-state index contributed by atoms with van der Waals surface area (Å²) in [6.07, 6.45) is 1.87. The molecular weight excluding hydrogens is 583 g/mol. The van der Waals surface area contributed by atoms with Gasteiger partial charge in [-0.25, -0.2) is 0 Å². The van der Waals surface area contributed by atoms with Gasteiger partial charge in [0.1, 0.15) is 0 Å². The van der Waals surface area contributed by atoms with Gasteiger partial charge in [-0.2, -0.15) is 0 Å². The summed E-state index contributed by atoms with van der Waals surface area (Å²) in [6.45, 7) is 7.68. The van der Waals surface area contributed by atoms with E-state index >= 15 is 0 Å². The topological polar surface area (TPSA) is 61.4 Å². The zero-order valence-electron chi connectivity index (χ0n) is 22.2. The summed E-state index contributed by atoms with van der Waals surface area (Å²) in [5.41, 5.74) is 3.81. The molecule has 42 heavy (non-hydrogen) atoms. The number of aromatic nitrogens is 1. The Bertz CT molecular complexity index is 2180. The van der Waals surface area contributed by atoms with Gasteiger partial charge in [0.25, 0.3) is 0 Å². The average Bonchev–Trinajstić information content (AvgIpc) is 3.60. The Morgan fingerprint density at radius 1 is 0.833 bits per heavy atom. The summed E-state index contributed by atoms with van der Waals surface area (Å²) < 4.78 is 2.04. The number of allylic oxidation sites excluding steroid dienone is 3. The van der Waals surface area contributed by atoms with Crippen LogP contribution in [0.15, 0.2) is 127 Å². The van der Waals surface area contributed by atoms with Gasteiger partial charge in [0, 0.05) is 0 Å². The number of ketones is 1. The maximum atomic E-state index is 13.8. The number of fused-ring (bicyclic) bond motifs is 3. The van der Waals surface area contributed by atoms with E-state index in [-0.39, 0.29) is 26.0 Å². The van der Waals surface area contributed by atoms with E-state index in [0.717, 1.165) is 42.2 Å². The van der Waals surface area contributed by atoms with Gasteiger partial charge in [0.2, 0.25) is 0 Å². The van der Waals surface area contributed by atoms with Crippen molar-refractivity contribution in [1.29, 1.82) is 5.26 Å². The molecule has 1 aliphatic carbocycles. The minimum absolute atomic E-state index is 0.0748. The molecule has 0 amide bonds. The molecule has 0 radical (unpaired) electrons. The van der Waals surface area contributed by atoms with Gasteiger partial charge in [-0.1, -0.05) is 0 Å². The van der Waals surface area contributed by atoms with Crippen molar-refractivity contribution in [3.05, 3.63) is 154 Å². The number of carbonyl (C=O) groups excluding carboxylic acids is 1. The van der Waals surface area contributed by atoms with Crippen LogP contribution in [0.1, 0.15) is 20.4 Å². The molecule has 4 aromatic carbocycles. The van der Waals surface area contributed by atoms with Crippen molar-refractivity contribution in [1.82, 2.24) is 4.98 Å². The minimum atomic E-state index is -0.175. The van der Waals surface area contributed by atoms with E-state index in [2.05, 4.69) is 34.0 Å². The van der Waals surface area contributed by atoms with Crippen molar-refractivity contribution in [3.63, 3.8) is 0 Å². The third-order valence-electron chi connectivity index (χ3n) is 7.32. The Hall–Kier alpha value is -5.52. The number of hydrogen-bond acceptors (Lipinski definition) is 4. The molecule has 0 unspecified atom stereocenters. The molecule has 2 heterocycles. The van der Waals surface area contributed by atoms with Crippen molar-refractivity contribution < 1.29 is 4.79 Å². The summed E-state index contributed by atoms with van der Waals surface area (Å²) in [5, 5.41) is 12.8. The number of hydrogen-bond donors (Lipinski definition) is 0. The molecule has 0 fully saturated rings. The van der Waals surface area contributed by atoms with E-state index in [4.69, 9.17) is 11.6 Å². The van der Waals surface area contributed by atoms with Crippen molar-refractivity contribution in [2.24, 2.45) is 0 Å². The van der Waals surface area contributed by atoms with E-state index in [1.54, 1.807) is 0 Å². The van der Waals surface area contributed by atoms with Crippen molar-refractivity contribution in [2.45, 2.75) is 0 Å². The van der Waals surface area contributed by atoms with E-state index in [1.807, 2.05) is 103 Å². The summed E-state index contributed by atoms with van der Waals surface area (Å²) in [7, 11) is 0. The van der Waals surface area contributed by atoms with Crippen LogP contribution >= 0.6 is 0 Å². The predicted octanol–water partition coefficient (Wildman–Crippen LogP) is 8.35. The average molecular weight is 604 g/mol. The molecule has 1 aliphatic rings. The number of rotatable bonds is 4. The van der Waals surface area contributed by atoms with Crippen molar-refractivity contribution in [3.8, 4) is 6.07 Å². The Balaban J connectivity index is 1.36. The fraction of sp³-hybridized carbons (Fsp3) is 0. The molecule has 2 aromatic heterocycles. The van der Waals surface area contributed by atoms with Gasteiger partial charge in [-0.3, -0.25) is 0 Å². The summed E-state index contributed by atoms with van der Waals surface area (Å²) >= 11 is -0.175. The summed E-state index contributed by atoms with van der Waals surface area (Å²) in [4.78, 5) is 24.4. The third-order valence-corrected chi connectivity index (χ3v) is 9.45. The molecule has 0 N–H and O–H groups in total. The predicted molar refractivity (Wildman–Crippen MR) is 169 cm³/mol. The first-order valence-corrected chi connectivity index (χ1v) is 15.0. The molecule has 7 rings (SSSR count). The van der Waals surface area contributed by atoms with E-state index < -0.39 is 0 Å². The Morgan fingerprint density at radius 2 is 1.52 bits per heavy atom. The number of pyridine rings is 1. The summed E-state index contributed by atoms with van der Waals surface area (Å²) in [5.74, 6) is 0.648. The molecule has 0 spiro atoms. The number of para-hydroxylation sites is 2. The van der Waals surface area contributed by atoms with Crippen LogP contribution in [-0.4, -0.2) is 25.3 Å². The standard InChI is InChI=1S/C36H20N4OSe/c1-38-32(22-37)35-28-19-24-10-5-6-11-25(24)20-29(28)36(41)30(35)21-27-16-18-34(42-27)40(26-12-3-2-4-13-26)33-17-15-23-9-7-8-14-31(23)39-33/h2-21H/b30-21+,35-32-. The van der Waals surface area contributed by atoms with Crippen molar-refractivity contribution in [2.75, 3.05) is 4.90 Å². The molecular formula is C36H20N4OSe. The van der Waals surface area contributed by atoms with E-state index in [9.17, 15) is 10.1 Å². The third kappa shape index (κ3) is 4.33. The van der Waals surface area contributed by atoms with Crippen LogP contribution < -0.4 is 4.90 Å². The second-order valence-electron chi connectivity index (χ2n) is 9.79. The second-order valence-corrected chi connectivity index (χ2v) is 12.1. The Labute approximate surface area is 248 Å². The van der Waals surface area contributed by atoms with Crippen LogP contribution in [0.3, 0.4) is 0 Å². The number of anilines is 3. The number of nitriles is 1. The first-order chi connectivity index (χ1) is 20.6. The molecule has 0 saturated carbocycles. The Kier molecular flexibility index (Phi) is 6.34. The van der Waals surface area contributed by atoms with Crippen LogP contribution in [0, 0.1) is 17.9 Å². The number of carbonyl (C=O) groups is 1. The van der Waals surface area contributed by atoms with Gasteiger partial charge in [0.05, 0.1) is 0 Å². The van der Waals surface area contributed by atoms with Crippen LogP contribution in [0.2, 0.25) is 0 Å². The van der Waals surface area contributed by atoms with Crippen molar-refractivity contribution >= 4 is 69.7 Å². The van der Waals surface area contributed by atoms with Gasteiger partial charge in [-0.15, -0.1) is 0 Å². The molecule has 6 heteroatoms. The van der Waals surface area contributed by atoms with E-state index in [1.165, 1.54) is 0 Å². The van der Waals surface area contributed by atoms with Gasteiger partial charge >= 0.3 is 249 Å². The number of nitrogens with zero attached hydrogens (tertiary/aromatic N) is 4. The summed E-state index contributed by atoms with van der Waals surface area (Å²) in [6, 6.07) is 40.0. The fourth-order valence-electron chi connectivity index (χ4n) is 5.38. The molecule has 6 aromatic rings. The van der Waals surface area contributed by atoms with Crippen LogP contribution in [0.5, 0.6) is 0 Å². The van der Waals surface area contributed by atoms with Gasteiger partial charge < -0.3 is 0 Å². The van der Waals surface area contributed by atoms with Gasteiger partial charge in [0.15, 0.2) is 0 Å². The molecule has 0 atom stereocenters. The van der Waals surface area contributed by atoms with E-state index in [0.29, 0.717) is 22.3 Å². The zero-order chi connectivity index (χ0) is 28.6. The molecule has 0 bridgehead atoms. The molecule has 5 nitrogen and oxygen atoms in total. The van der Waals surface area contributed by atoms with Gasteiger partial charge in [-0.05, 0) is 0 Å². The first kappa shape index (κ1) is 25.4. The fourth-order valence-corrected chi connectivity index (χ4v) is 7.44. The number of Topliss-reactive ketones (excluding diaryl/α,β-unsaturated/α-hetero) is 1. The van der Waals surface area contributed by atoms with Crippen LogP contribution in [-0.2, 0) is 0 Å². The second kappa shape index (κ2) is 10.5. The number of benzene rings is 4. The molecule has 0 aliphatic heterocycles. The van der Waals surface area contributed by atoms with Crippen LogP contribution in [0.25, 0.3) is 38.2 Å². The first-order valence-electron chi connectivity index (χ1n) is 13.3. The Morgan fingerprint density at radius 3 is 2.26 bits per heavy atom. The molecule has 0 saturated heterocycles.